The number of aromatic amines is 1. The van der Waals surface area contributed by atoms with Crippen LogP contribution in [0.25, 0.3) is 0 Å². The molecule has 4 atom stereocenters. The molecule has 1 unspecified atom stereocenters. The van der Waals surface area contributed by atoms with Crippen LogP contribution >= 0.6 is 11.8 Å². The molecular formula is C38H63N11O9S. The molecule has 0 bridgehead atoms. The Bertz CT molecular complexity index is 1590. The fourth-order valence-electron chi connectivity index (χ4n) is 6.23. The Kier molecular flexibility index (Phi) is 22.4. The standard InChI is InChI=1S/C38H63N11O9S/c1-4-58-16-14-45-31(52)10-15-49-33(54)21-29(36(49)57)59-17-11-32(53)44-12-6-5-8-24(28(50)18-25(34(40)55)9-7-13-46-37(41)42)19-30(51)38(2,3)48-35(56)27(39)20-26-22-43-23-47-26/h22-25,27,29H,4-21,39H2,1-3H3,(H2,40,55)(H,43,47)(H,44,53)(H,45,52)(H,48,56)(H4,41,42,46)/t24-,25-,27+,29?/m1/s1. The van der Waals surface area contributed by atoms with Crippen molar-refractivity contribution in [3.63, 3.8) is 0 Å². The average molecular weight is 850 g/mol. The highest BCUT2D eigenvalue weighted by molar-refractivity contribution is 8.00. The normalized spacial score (nSPS) is 15.6. The fraction of sp³-hybridized carbons (Fsp3) is 0.684. The lowest BCUT2D eigenvalue weighted by Crippen LogP contribution is -2.55. The molecule has 21 heteroatoms. The number of rotatable bonds is 31. The molecule has 0 radical (unpaired) electrons. The number of unbranched alkanes of at least 4 members (excludes halogenated alkanes) is 1. The molecule has 20 nitrogen and oxygen atoms in total. The van der Waals surface area contributed by atoms with Gasteiger partial charge in [0.1, 0.15) is 5.78 Å². The maximum Gasteiger partial charge on any atom is 0.242 e. The molecule has 0 saturated carbocycles. The molecule has 1 aliphatic heterocycles. The fourth-order valence-corrected chi connectivity index (χ4v) is 7.35. The van der Waals surface area contributed by atoms with E-state index in [0.717, 1.165) is 4.90 Å². The number of thioether (sulfide) groups is 1. The highest BCUT2D eigenvalue weighted by Gasteiger charge is 2.39. The maximum atomic E-state index is 13.7. The van der Waals surface area contributed by atoms with Gasteiger partial charge in [-0.2, -0.15) is 0 Å². The lowest BCUT2D eigenvalue weighted by molar-refractivity contribution is -0.138. The number of carbonyl (C=O) groups excluding carboxylic acids is 8. The monoisotopic (exact) mass is 849 g/mol. The van der Waals surface area contributed by atoms with Crippen molar-refractivity contribution in [3.8, 4) is 0 Å². The van der Waals surface area contributed by atoms with Crippen molar-refractivity contribution in [1.82, 2.24) is 36.1 Å². The number of hydrogen-bond donors (Lipinski definition) is 9. The predicted octanol–water partition coefficient (Wildman–Crippen LogP) is -0.846. The molecule has 2 heterocycles. The second-order valence-electron chi connectivity index (χ2n) is 14.9. The van der Waals surface area contributed by atoms with Crippen LogP contribution in [0.3, 0.4) is 0 Å². The average Bonchev–Trinajstić information content (AvgIpc) is 3.78. The van der Waals surface area contributed by atoms with Crippen molar-refractivity contribution >= 4 is 64.7 Å². The van der Waals surface area contributed by atoms with Crippen molar-refractivity contribution in [2.45, 2.75) is 108 Å². The van der Waals surface area contributed by atoms with Crippen LogP contribution in [0, 0.1) is 17.2 Å². The summed E-state index contributed by atoms with van der Waals surface area (Å²) in [4.78, 5) is 110. The second kappa shape index (κ2) is 26.3. The number of amides is 6. The molecule has 0 aliphatic carbocycles. The zero-order chi connectivity index (χ0) is 44.0. The molecule has 0 spiro atoms. The van der Waals surface area contributed by atoms with Gasteiger partial charge in [0, 0.05) is 101 Å². The summed E-state index contributed by atoms with van der Waals surface area (Å²) >= 11 is 1.21. The first-order chi connectivity index (χ1) is 27.9. The lowest BCUT2D eigenvalue weighted by Gasteiger charge is -2.28. The SMILES string of the molecule is CCOCCNC(=O)CCN1C(=O)CC(SCCC(=O)NCCCC[C@H](CC(=O)C(C)(C)NC(=O)[C@@H](N)Cc2cnc[nH]2)C(=O)C[C@@H](CCCNC(=N)N)C(N)=O)C1=O. The van der Waals surface area contributed by atoms with Gasteiger partial charge < -0.3 is 48.2 Å². The van der Waals surface area contributed by atoms with Crippen molar-refractivity contribution in [3.05, 3.63) is 18.2 Å². The van der Waals surface area contributed by atoms with Crippen molar-refractivity contribution < 1.29 is 43.1 Å². The molecule has 1 saturated heterocycles. The molecule has 59 heavy (non-hydrogen) atoms. The van der Waals surface area contributed by atoms with E-state index in [1.54, 1.807) is 6.20 Å². The van der Waals surface area contributed by atoms with Crippen molar-refractivity contribution in [1.29, 1.82) is 5.41 Å². The van der Waals surface area contributed by atoms with E-state index < -0.39 is 46.3 Å². The van der Waals surface area contributed by atoms with Gasteiger partial charge in [0.05, 0.1) is 29.8 Å². The summed E-state index contributed by atoms with van der Waals surface area (Å²) in [6, 6.07) is -0.963. The van der Waals surface area contributed by atoms with Gasteiger partial charge >= 0.3 is 0 Å². The third-order valence-electron chi connectivity index (χ3n) is 9.73. The van der Waals surface area contributed by atoms with E-state index in [1.807, 2.05) is 6.92 Å². The number of imidazole rings is 1. The van der Waals surface area contributed by atoms with Crippen molar-refractivity contribution in [2.24, 2.45) is 29.0 Å². The number of nitrogens with one attached hydrogen (secondary N) is 6. The first-order valence-corrected chi connectivity index (χ1v) is 21.0. The molecule has 6 amide bonds. The largest absolute Gasteiger partial charge is 0.380 e. The first-order valence-electron chi connectivity index (χ1n) is 20.0. The van der Waals surface area contributed by atoms with Crippen LogP contribution in [0.15, 0.2) is 12.5 Å². The van der Waals surface area contributed by atoms with Crippen LogP contribution in [0.1, 0.15) is 90.7 Å². The van der Waals surface area contributed by atoms with Crippen LogP contribution in [-0.4, -0.2) is 130 Å². The summed E-state index contributed by atoms with van der Waals surface area (Å²) in [7, 11) is 0. The topological polar surface area (TPSA) is 328 Å². The van der Waals surface area contributed by atoms with Gasteiger partial charge in [0.25, 0.3) is 0 Å². The summed E-state index contributed by atoms with van der Waals surface area (Å²) in [5, 5.41) is 17.5. The summed E-state index contributed by atoms with van der Waals surface area (Å²) in [5.74, 6) is -4.78. The molecule has 0 aromatic carbocycles. The number of nitrogens with two attached hydrogens (primary N) is 3. The zero-order valence-corrected chi connectivity index (χ0v) is 35.2. The van der Waals surface area contributed by atoms with Crippen LogP contribution in [0.5, 0.6) is 0 Å². The number of ketones is 2. The Labute approximate surface area is 349 Å². The van der Waals surface area contributed by atoms with Gasteiger partial charge in [0.15, 0.2) is 11.7 Å². The van der Waals surface area contributed by atoms with Gasteiger partial charge in [-0.25, -0.2) is 4.98 Å². The molecule has 330 valence electrons. The number of nitrogens with zero attached hydrogens (tertiary/aromatic N) is 2. The number of guanidine groups is 1. The number of Topliss-reactive ketones (excluding diaryl/α,β-unsaturated/α-hetero) is 2. The second-order valence-corrected chi connectivity index (χ2v) is 16.2. The number of likely N-dealkylation sites (tertiary alicyclic amines) is 1. The highest BCUT2D eigenvalue weighted by Crippen LogP contribution is 2.26. The minimum atomic E-state index is -1.37. The van der Waals surface area contributed by atoms with E-state index in [1.165, 1.54) is 31.9 Å². The molecule has 1 aliphatic rings. The third-order valence-corrected chi connectivity index (χ3v) is 10.9. The highest BCUT2D eigenvalue weighted by atomic mass is 32.2. The Balaban J connectivity index is 1.89. The van der Waals surface area contributed by atoms with E-state index in [0.29, 0.717) is 57.0 Å². The van der Waals surface area contributed by atoms with Gasteiger partial charge in [-0.3, -0.25) is 48.7 Å². The smallest absolute Gasteiger partial charge is 0.242 e. The quantitative estimate of drug-likeness (QED) is 0.0190. The Morgan fingerprint density at radius 2 is 1.66 bits per heavy atom. The van der Waals surface area contributed by atoms with Gasteiger partial charge in [0.2, 0.25) is 35.4 Å². The number of carbonyl (C=O) groups is 8. The summed E-state index contributed by atoms with van der Waals surface area (Å²) in [6.07, 6.45) is 4.72. The zero-order valence-electron chi connectivity index (χ0n) is 34.4. The number of aromatic nitrogens is 2. The Morgan fingerprint density at radius 3 is 2.32 bits per heavy atom. The minimum absolute atomic E-state index is 0.000193. The summed E-state index contributed by atoms with van der Waals surface area (Å²) in [6.45, 7) is 6.73. The van der Waals surface area contributed by atoms with E-state index in [9.17, 15) is 38.4 Å². The van der Waals surface area contributed by atoms with E-state index in [4.69, 9.17) is 27.3 Å². The molecule has 1 aromatic heterocycles. The van der Waals surface area contributed by atoms with Crippen molar-refractivity contribution in [2.75, 3.05) is 45.1 Å². The Hall–Kier alpha value is -4.89. The van der Waals surface area contributed by atoms with E-state index in [-0.39, 0.29) is 99.8 Å². The Morgan fingerprint density at radius 1 is 0.983 bits per heavy atom. The summed E-state index contributed by atoms with van der Waals surface area (Å²) in [5.41, 5.74) is 16.3. The van der Waals surface area contributed by atoms with Gasteiger partial charge in [-0.1, -0.05) is 6.42 Å². The molecular weight excluding hydrogens is 787 g/mol. The molecule has 1 aromatic rings. The van der Waals surface area contributed by atoms with Gasteiger partial charge in [-0.05, 0) is 46.5 Å². The van der Waals surface area contributed by atoms with Gasteiger partial charge in [-0.15, -0.1) is 11.8 Å². The first kappa shape index (κ1) is 50.3. The van der Waals surface area contributed by atoms with Crippen LogP contribution in [-0.2, 0) is 49.5 Å². The number of primary amides is 1. The van der Waals surface area contributed by atoms with Crippen LogP contribution in [0.2, 0.25) is 0 Å². The number of hydrogen-bond acceptors (Lipinski definition) is 13. The predicted molar refractivity (Wildman–Crippen MR) is 220 cm³/mol. The number of ether oxygens (including phenoxy) is 1. The molecule has 1 fully saturated rings. The van der Waals surface area contributed by atoms with Crippen LogP contribution < -0.4 is 38.5 Å². The van der Waals surface area contributed by atoms with E-state index >= 15 is 0 Å². The minimum Gasteiger partial charge on any atom is -0.380 e. The molecule has 12 N–H and O–H groups in total. The van der Waals surface area contributed by atoms with Crippen LogP contribution in [0.4, 0.5) is 0 Å². The third kappa shape index (κ3) is 19.2. The molecule has 2 rings (SSSR count). The number of H-pyrrole nitrogens is 1. The lowest BCUT2D eigenvalue weighted by atomic mass is 9.82. The van der Waals surface area contributed by atoms with E-state index in [2.05, 4.69) is 31.2 Å². The summed E-state index contributed by atoms with van der Waals surface area (Å²) < 4.78 is 5.17. The number of imide groups is 1. The maximum absolute atomic E-state index is 13.7.